The number of nitriles is 1. The van der Waals surface area contributed by atoms with Gasteiger partial charge in [0.15, 0.2) is 0 Å². The number of halogens is 2. The molecule has 0 amide bonds. The fraction of sp³-hybridized carbons (Fsp3) is 0.438. The van der Waals surface area contributed by atoms with Crippen molar-refractivity contribution in [2.75, 3.05) is 43.5 Å². The third-order valence-corrected chi connectivity index (χ3v) is 9.26. The van der Waals surface area contributed by atoms with Crippen molar-refractivity contribution >= 4 is 45.5 Å². The molecule has 4 heterocycles. The highest BCUT2D eigenvalue weighted by molar-refractivity contribution is 6.36. The lowest BCUT2D eigenvalue weighted by atomic mass is 9.96. The second kappa shape index (κ2) is 10.9. The van der Waals surface area contributed by atoms with Gasteiger partial charge >= 0.3 is 0 Å². The largest absolute Gasteiger partial charge is 0.383 e. The summed E-state index contributed by atoms with van der Waals surface area (Å²) in [6.07, 6.45) is 3.41. The Morgan fingerprint density at radius 2 is 1.93 bits per heavy atom. The number of nitrogens with one attached hydrogen (secondary N) is 2. The summed E-state index contributed by atoms with van der Waals surface area (Å²) >= 11 is 13.5. The van der Waals surface area contributed by atoms with Crippen molar-refractivity contribution in [3.63, 3.8) is 0 Å². The molecule has 9 nitrogen and oxygen atoms in total. The minimum atomic E-state index is -1.59. The summed E-state index contributed by atoms with van der Waals surface area (Å²) in [5.41, 5.74) is 3.12. The van der Waals surface area contributed by atoms with Crippen molar-refractivity contribution < 1.29 is 6.11 Å². The fourth-order valence-electron chi connectivity index (χ4n) is 6.23. The number of anilines is 2. The van der Waals surface area contributed by atoms with Gasteiger partial charge in [0, 0.05) is 53.8 Å². The number of hydrogen-bond donors (Lipinski definition) is 2. The lowest BCUT2D eigenvalue weighted by Crippen LogP contribution is -2.49. The van der Waals surface area contributed by atoms with E-state index < -0.39 is 6.02 Å². The van der Waals surface area contributed by atoms with Crippen molar-refractivity contribution in [2.45, 2.75) is 38.9 Å². The van der Waals surface area contributed by atoms with Crippen LogP contribution in [0, 0.1) is 28.6 Å². The number of piperidine rings is 1. The van der Waals surface area contributed by atoms with Crippen molar-refractivity contribution in [3.05, 3.63) is 75.7 Å². The molecule has 3 fully saturated rings. The molecule has 2 aliphatic heterocycles. The molecule has 7 rings (SSSR count). The zero-order chi connectivity index (χ0) is 30.8. The van der Waals surface area contributed by atoms with E-state index in [9.17, 15) is 6.63 Å². The first-order valence-electron chi connectivity index (χ1n) is 15.1. The molecular formula is C32H34Cl2N8O. The molecule has 0 spiro atoms. The number of ether oxygens (including phenoxy) is 1. The highest BCUT2D eigenvalue weighted by atomic mass is 35.5. The van der Waals surface area contributed by atoms with E-state index >= 15 is 0 Å². The standard InChI is InChI=1S/C32H34Cl2N8O/c1-32(2,3)17-37-28-18(10-35)11-36-29-22(28)8-19(9-26(29)34)38-30(21-6-4-5-7-25(21)33)27-14-42(40-39-27)31-23-12-41(13-24(23)31)20-15-43-16-20/h4-9,11,14,20,23-24,30-31,38H,12-13,15-17H2,1-3H3,(H,36,37)/t23-,24+,30?,31?/i30D. The molecule has 0 bridgehead atoms. The van der Waals surface area contributed by atoms with Gasteiger partial charge < -0.3 is 15.4 Å². The van der Waals surface area contributed by atoms with Gasteiger partial charge in [-0.1, -0.05) is 67.4 Å². The Hall–Kier alpha value is -3.42. The van der Waals surface area contributed by atoms with Crippen LogP contribution in [0.25, 0.3) is 10.9 Å². The monoisotopic (exact) mass is 617 g/mol. The van der Waals surface area contributed by atoms with E-state index in [1.807, 2.05) is 35.1 Å². The van der Waals surface area contributed by atoms with E-state index in [1.165, 1.54) is 6.20 Å². The highest BCUT2D eigenvalue weighted by Gasteiger charge is 2.58. The number of benzene rings is 2. The molecular weight excluding hydrogens is 583 g/mol. The van der Waals surface area contributed by atoms with E-state index in [4.69, 9.17) is 27.9 Å². The molecule has 1 aliphatic carbocycles. The van der Waals surface area contributed by atoms with E-state index in [1.54, 1.807) is 12.1 Å². The number of rotatable bonds is 8. The van der Waals surface area contributed by atoms with Crippen LogP contribution in [-0.2, 0) is 4.74 Å². The van der Waals surface area contributed by atoms with Crippen molar-refractivity contribution in [1.82, 2.24) is 24.9 Å². The van der Waals surface area contributed by atoms with Crippen molar-refractivity contribution in [3.8, 4) is 6.07 Å². The zero-order valence-corrected chi connectivity index (χ0v) is 25.8. The van der Waals surface area contributed by atoms with Crippen LogP contribution in [0.4, 0.5) is 11.4 Å². The fourth-order valence-corrected chi connectivity index (χ4v) is 6.73. The molecule has 2 aromatic heterocycles. The summed E-state index contributed by atoms with van der Waals surface area (Å²) in [6, 6.07) is 12.4. The highest BCUT2D eigenvalue weighted by Crippen LogP contribution is 2.55. The maximum absolute atomic E-state index is 9.88. The van der Waals surface area contributed by atoms with Gasteiger partial charge in [-0.3, -0.25) is 9.88 Å². The van der Waals surface area contributed by atoms with Gasteiger partial charge in [-0.25, -0.2) is 4.68 Å². The van der Waals surface area contributed by atoms with Crippen LogP contribution < -0.4 is 10.6 Å². The van der Waals surface area contributed by atoms with Gasteiger partial charge in [0.2, 0.25) is 0 Å². The van der Waals surface area contributed by atoms with Crippen LogP contribution in [-0.4, -0.2) is 63.8 Å². The summed E-state index contributed by atoms with van der Waals surface area (Å²) < 4.78 is 17.2. The zero-order valence-electron chi connectivity index (χ0n) is 25.3. The molecule has 2 aromatic carbocycles. The Labute approximate surface area is 262 Å². The second-order valence-electron chi connectivity index (χ2n) is 13.0. The molecule has 2 N–H and O–H groups in total. The quantitative estimate of drug-likeness (QED) is 0.242. The number of fused-ring (bicyclic) bond motifs is 2. The first-order chi connectivity index (χ1) is 21.1. The van der Waals surface area contributed by atoms with Crippen molar-refractivity contribution in [2.24, 2.45) is 17.3 Å². The average molecular weight is 619 g/mol. The minimum absolute atomic E-state index is 0.0296. The van der Waals surface area contributed by atoms with Crippen LogP contribution in [0.2, 0.25) is 10.0 Å². The first kappa shape index (κ1) is 27.2. The maximum atomic E-state index is 9.88. The van der Waals surface area contributed by atoms with Crippen molar-refractivity contribution in [1.29, 1.82) is 5.26 Å². The molecule has 4 atom stereocenters. The summed E-state index contributed by atoms with van der Waals surface area (Å²) in [6.45, 7) is 10.7. The third-order valence-electron chi connectivity index (χ3n) is 8.64. The van der Waals surface area contributed by atoms with Crippen LogP contribution >= 0.6 is 23.2 Å². The number of likely N-dealkylation sites (tertiary alicyclic amines) is 1. The second-order valence-corrected chi connectivity index (χ2v) is 13.8. The Kier molecular flexibility index (Phi) is 6.91. The number of aromatic nitrogens is 4. The van der Waals surface area contributed by atoms with Gasteiger partial charge in [-0.05, 0) is 29.2 Å². The molecule has 2 saturated heterocycles. The van der Waals surface area contributed by atoms with Gasteiger partial charge in [0.1, 0.15) is 11.8 Å². The Bertz CT molecular complexity index is 1770. The number of hydrogen-bond acceptors (Lipinski definition) is 8. The topological polar surface area (TPSA) is 104 Å². The first-order valence-corrected chi connectivity index (χ1v) is 15.3. The number of nitrogens with zero attached hydrogens (tertiary/aromatic N) is 6. The maximum Gasteiger partial charge on any atom is 0.110 e. The normalized spacial score (nSPS) is 23.6. The molecule has 222 valence electrons. The van der Waals surface area contributed by atoms with Gasteiger partial charge in [0.25, 0.3) is 0 Å². The lowest BCUT2D eigenvalue weighted by molar-refractivity contribution is -0.0617. The van der Waals surface area contributed by atoms with Gasteiger partial charge in [0.05, 0.1) is 60.7 Å². The Morgan fingerprint density at radius 3 is 2.60 bits per heavy atom. The van der Waals surface area contributed by atoms with E-state index in [2.05, 4.69) is 57.7 Å². The molecule has 4 aromatic rings. The Morgan fingerprint density at radius 1 is 1.16 bits per heavy atom. The van der Waals surface area contributed by atoms with E-state index in [-0.39, 0.29) is 11.5 Å². The molecule has 11 heteroatoms. The van der Waals surface area contributed by atoms with E-state index in [0.717, 1.165) is 26.3 Å². The summed E-state index contributed by atoms with van der Waals surface area (Å²) in [4.78, 5) is 7.00. The molecule has 1 saturated carbocycles. The average Bonchev–Trinajstić information content (AvgIpc) is 3.27. The summed E-state index contributed by atoms with van der Waals surface area (Å²) in [5.74, 6) is 1.05. The van der Waals surface area contributed by atoms with Gasteiger partial charge in [-0.15, -0.1) is 5.10 Å². The molecule has 43 heavy (non-hydrogen) atoms. The SMILES string of the molecule is [2H]C(Nc1cc(Cl)c2ncc(C#N)c(NCC(C)(C)C)c2c1)(c1cn(C2[C@H]3CN(C4COC4)C[C@@H]23)nn1)c1ccccc1Cl. The molecule has 2 unspecified atom stereocenters. The van der Waals surface area contributed by atoms with Gasteiger partial charge in [-0.2, -0.15) is 5.26 Å². The summed E-state index contributed by atoms with van der Waals surface area (Å²) in [7, 11) is 0. The van der Waals surface area contributed by atoms with Crippen LogP contribution in [0.1, 0.15) is 51.0 Å². The van der Waals surface area contributed by atoms with Crippen LogP contribution in [0.15, 0.2) is 48.8 Å². The van der Waals surface area contributed by atoms with E-state index in [0.29, 0.717) is 73.6 Å². The smallest absolute Gasteiger partial charge is 0.110 e. The number of pyridine rings is 1. The summed E-state index contributed by atoms with van der Waals surface area (Å²) in [5, 5.41) is 27.3. The van der Waals surface area contributed by atoms with Crippen LogP contribution in [0.3, 0.4) is 0 Å². The minimum Gasteiger partial charge on any atom is -0.383 e. The Balaban J connectivity index is 1.24. The molecule has 0 radical (unpaired) electrons. The van der Waals surface area contributed by atoms with Crippen LogP contribution in [0.5, 0.6) is 0 Å². The third kappa shape index (κ3) is 5.42. The predicted octanol–water partition coefficient (Wildman–Crippen LogP) is 6.17. The lowest BCUT2D eigenvalue weighted by Gasteiger charge is -2.35. The predicted molar refractivity (Wildman–Crippen MR) is 169 cm³/mol. The molecule has 3 aliphatic rings.